The van der Waals surface area contributed by atoms with E-state index in [0.29, 0.717) is 23.7 Å². The highest BCUT2D eigenvalue weighted by atomic mass is 16.5. The maximum atomic E-state index is 12.5. The second-order valence-electron chi connectivity index (χ2n) is 5.59. The molecule has 134 valence electrons. The lowest BCUT2D eigenvalue weighted by molar-refractivity contribution is -0.140. The molecule has 0 bridgehead atoms. The highest BCUT2D eigenvalue weighted by molar-refractivity contribution is 6.53. The summed E-state index contributed by atoms with van der Waals surface area (Å²) in [5, 5.41) is 2.66. The predicted molar refractivity (Wildman–Crippen MR) is 90.1 cm³/mol. The van der Waals surface area contributed by atoms with Gasteiger partial charge in [0.15, 0.2) is 0 Å². The van der Waals surface area contributed by atoms with Crippen molar-refractivity contribution < 1.29 is 23.9 Å². The summed E-state index contributed by atoms with van der Waals surface area (Å²) in [5.41, 5.74) is 0.178. The van der Waals surface area contributed by atoms with Crippen LogP contribution in [0.25, 0.3) is 0 Å². The maximum absolute atomic E-state index is 12.5. The number of imide groups is 2. The van der Waals surface area contributed by atoms with Crippen LogP contribution in [0.3, 0.4) is 0 Å². The van der Waals surface area contributed by atoms with Gasteiger partial charge in [-0.3, -0.25) is 14.4 Å². The van der Waals surface area contributed by atoms with Gasteiger partial charge in [-0.05, 0) is 32.4 Å². The van der Waals surface area contributed by atoms with Gasteiger partial charge in [-0.1, -0.05) is 19.1 Å². The summed E-state index contributed by atoms with van der Waals surface area (Å²) in [4.78, 5) is 50.3. The number of urea groups is 1. The first-order valence-corrected chi connectivity index (χ1v) is 8.11. The van der Waals surface area contributed by atoms with Crippen LogP contribution in [0.4, 0.5) is 10.5 Å². The second-order valence-corrected chi connectivity index (χ2v) is 5.59. The van der Waals surface area contributed by atoms with Gasteiger partial charge < -0.3 is 10.1 Å². The van der Waals surface area contributed by atoms with Crippen LogP contribution in [0.15, 0.2) is 24.3 Å². The normalized spacial score (nSPS) is 15.6. The number of anilines is 1. The zero-order valence-corrected chi connectivity index (χ0v) is 14.4. The molecule has 0 aliphatic carbocycles. The third kappa shape index (κ3) is 3.78. The Hall–Kier alpha value is -2.90. The lowest BCUT2D eigenvalue weighted by atomic mass is 10.2. The van der Waals surface area contributed by atoms with Gasteiger partial charge in [0, 0.05) is 6.04 Å². The third-order valence-electron chi connectivity index (χ3n) is 3.78. The summed E-state index contributed by atoms with van der Waals surface area (Å²) >= 11 is 0. The topological polar surface area (TPSA) is 96.0 Å². The van der Waals surface area contributed by atoms with Crippen LogP contribution in [0, 0.1) is 0 Å². The molecular formula is C17H21N3O5. The molecule has 5 amide bonds. The van der Waals surface area contributed by atoms with Crippen LogP contribution in [0.2, 0.25) is 0 Å². The fourth-order valence-electron chi connectivity index (χ4n) is 2.34. The van der Waals surface area contributed by atoms with Crippen molar-refractivity contribution in [1.29, 1.82) is 0 Å². The molecule has 0 radical (unpaired) electrons. The van der Waals surface area contributed by atoms with Gasteiger partial charge >= 0.3 is 17.8 Å². The molecule has 2 rings (SSSR count). The Balaban J connectivity index is 2.24. The zero-order valence-electron chi connectivity index (χ0n) is 14.4. The average Bonchev–Trinajstić information content (AvgIpc) is 2.79. The SMILES string of the molecule is CCOc1ccccc1N1C(=O)C(=O)N(CC(=O)N[C@@H](C)CC)C1=O. The van der Waals surface area contributed by atoms with Gasteiger partial charge in [-0.2, -0.15) is 0 Å². The minimum Gasteiger partial charge on any atom is -0.492 e. The summed E-state index contributed by atoms with van der Waals surface area (Å²) in [6, 6.07) is 5.48. The summed E-state index contributed by atoms with van der Waals surface area (Å²) in [6.45, 7) is 5.30. The van der Waals surface area contributed by atoms with Gasteiger partial charge in [0.05, 0.1) is 12.3 Å². The highest BCUT2D eigenvalue weighted by Gasteiger charge is 2.47. The molecule has 0 aromatic heterocycles. The van der Waals surface area contributed by atoms with Crippen LogP contribution in [-0.2, 0) is 14.4 Å². The monoisotopic (exact) mass is 347 g/mol. The molecule has 1 aromatic carbocycles. The van der Waals surface area contributed by atoms with Crippen molar-refractivity contribution in [2.24, 2.45) is 0 Å². The molecule has 1 N–H and O–H groups in total. The zero-order chi connectivity index (χ0) is 18.6. The molecule has 1 aromatic rings. The number of nitrogens with zero attached hydrogens (tertiary/aromatic N) is 2. The largest absolute Gasteiger partial charge is 0.492 e. The Morgan fingerprint density at radius 2 is 1.84 bits per heavy atom. The summed E-state index contributed by atoms with van der Waals surface area (Å²) < 4.78 is 5.41. The van der Waals surface area contributed by atoms with E-state index in [1.165, 1.54) is 6.07 Å². The molecule has 1 atom stereocenters. The number of amides is 5. The first-order valence-electron chi connectivity index (χ1n) is 8.11. The van der Waals surface area contributed by atoms with E-state index in [1.54, 1.807) is 32.0 Å². The fraction of sp³-hybridized carbons (Fsp3) is 0.412. The van der Waals surface area contributed by atoms with Crippen LogP contribution >= 0.6 is 0 Å². The number of ether oxygens (including phenoxy) is 1. The first kappa shape index (κ1) is 18.4. The van der Waals surface area contributed by atoms with Gasteiger partial charge in [-0.25, -0.2) is 14.6 Å². The molecule has 0 unspecified atom stereocenters. The van der Waals surface area contributed by atoms with Crippen LogP contribution in [0.1, 0.15) is 27.2 Å². The average molecular weight is 347 g/mol. The van der Waals surface area contributed by atoms with E-state index < -0.39 is 30.3 Å². The van der Waals surface area contributed by atoms with Crippen molar-refractivity contribution >= 4 is 29.4 Å². The lowest BCUT2D eigenvalue weighted by Crippen LogP contribution is -2.43. The summed E-state index contributed by atoms with van der Waals surface area (Å²) in [6.07, 6.45) is 0.709. The number of rotatable bonds is 7. The van der Waals surface area contributed by atoms with E-state index in [4.69, 9.17) is 4.74 Å². The Bertz CT molecular complexity index is 703. The summed E-state index contributed by atoms with van der Waals surface area (Å²) in [5.74, 6) is -2.22. The molecule has 0 saturated carbocycles. The van der Waals surface area contributed by atoms with E-state index in [-0.39, 0.29) is 11.7 Å². The predicted octanol–water partition coefficient (Wildman–Crippen LogP) is 1.30. The minimum atomic E-state index is -1.03. The standard InChI is InChI=1S/C17H21N3O5/c1-4-11(3)18-14(21)10-19-15(22)16(23)20(17(19)24)12-8-6-7-9-13(12)25-5-2/h6-9,11H,4-5,10H2,1-3H3,(H,18,21)/t11-/m0/s1. The first-order chi connectivity index (χ1) is 11.9. The Morgan fingerprint density at radius 1 is 1.16 bits per heavy atom. The van der Waals surface area contributed by atoms with Crippen molar-refractivity contribution in [3.8, 4) is 5.75 Å². The Labute approximate surface area is 145 Å². The minimum absolute atomic E-state index is 0.0919. The number of carbonyl (C=O) groups excluding carboxylic acids is 4. The molecule has 1 aliphatic rings. The van der Waals surface area contributed by atoms with Gasteiger partial charge in [0.1, 0.15) is 12.3 Å². The number of hydrogen-bond acceptors (Lipinski definition) is 5. The quantitative estimate of drug-likeness (QED) is 0.592. The van der Waals surface area contributed by atoms with Gasteiger partial charge in [-0.15, -0.1) is 0 Å². The summed E-state index contributed by atoms with van der Waals surface area (Å²) in [7, 11) is 0. The van der Waals surface area contributed by atoms with Gasteiger partial charge in [0.2, 0.25) is 5.91 Å². The van der Waals surface area contributed by atoms with Crippen molar-refractivity contribution in [2.45, 2.75) is 33.2 Å². The second kappa shape index (κ2) is 7.78. The smallest absolute Gasteiger partial charge is 0.339 e. The van der Waals surface area contributed by atoms with E-state index in [0.717, 1.165) is 4.90 Å². The number of nitrogens with one attached hydrogen (secondary N) is 1. The molecule has 1 fully saturated rings. The van der Waals surface area contributed by atoms with Crippen molar-refractivity contribution in [3.05, 3.63) is 24.3 Å². The molecule has 1 saturated heterocycles. The Kier molecular flexibility index (Phi) is 5.74. The lowest BCUT2D eigenvalue weighted by Gasteiger charge is -2.18. The molecular weight excluding hydrogens is 326 g/mol. The number of para-hydroxylation sites is 2. The van der Waals surface area contributed by atoms with Crippen molar-refractivity contribution in [3.63, 3.8) is 0 Å². The maximum Gasteiger partial charge on any atom is 0.339 e. The van der Waals surface area contributed by atoms with E-state index in [2.05, 4.69) is 5.32 Å². The molecule has 8 heteroatoms. The number of benzene rings is 1. The Morgan fingerprint density at radius 3 is 2.48 bits per heavy atom. The van der Waals surface area contributed by atoms with Crippen LogP contribution in [0.5, 0.6) is 5.75 Å². The van der Waals surface area contributed by atoms with Crippen molar-refractivity contribution in [2.75, 3.05) is 18.1 Å². The van der Waals surface area contributed by atoms with E-state index >= 15 is 0 Å². The van der Waals surface area contributed by atoms with E-state index in [1.807, 2.05) is 6.92 Å². The van der Waals surface area contributed by atoms with Crippen LogP contribution < -0.4 is 15.0 Å². The molecule has 25 heavy (non-hydrogen) atoms. The van der Waals surface area contributed by atoms with Crippen LogP contribution in [-0.4, -0.2) is 47.8 Å². The van der Waals surface area contributed by atoms with E-state index in [9.17, 15) is 19.2 Å². The van der Waals surface area contributed by atoms with Crippen molar-refractivity contribution in [1.82, 2.24) is 10.2 Å². The third-order valence-corrected chi connectivity index (χ3v) is 3.78. The molecule has 1 aliphatic heterocycles. The highest BCUT2D eigenvalue weighted by Crippen LogP contribution is 2.31. The molecule has 8 nitrogen and oxygen atoms in total. The number of hydrogen-bond donors (Lipinski definition) is 1. The number of carbonyl (C=O) groups is 4. The fourth-order valence-corrected chi connectivity index (χ4v) is 2.34. The molecule has 1 heterocycles. The van der Waals surface area contributed by atoms with Gasteiger partial charge in [0.25, 0.3) is 0 Å². The molecule has 0 spiro atoms.